The zero-order valence-corrected chi connectivity index (χ0v) is 21.6. The van der Waals surface area contributed by atoms with Gasteiger partial charge in [-0.05, 0) is 67.6 Å². The highest BCUT2D eigenvalue weighted by Crippen LogP contribution is 2.43. The van der Waals surface area contributed by atoms with E-state index in [1.54, 1.807) is 12.3 Å². The van der Waals surface area contributed by atoms with Crippen LogP contribution in [0.1, 0.15) is 67.1 Å². The number of piperidine rings is 1. The second-order valence-corrected chi connectivity index (χ2v) is 10.8. The van der Waals surface area contributed by atoms with E-state index in [1.807, 2.05) is 24.5 Å². The first-order chi connectivity index (χ1) is 18.1. The van der Waals surface area contributed by atoms with E-state index >= 15 is 0 Å². The van der Waals surface area contributed by atoms with Crippen molar-refractivity contribution in [2.24, 2.45) is 0 Å². The van der Waals surface area contributed by atoms with Crippen LogP contribution in [0.2, 0.25) is 0 Å². The van der Waals surface area contributed by atoms with E-state index in [0.29, 0.717) is 24.4 Å². The molecule has 1 amide bonds. The molecule has 1 spiro atoms. The number of benzene rings is 1. The number of amides is 1. The fourth-order valence-corrected chi connectivity index (χ4v) is 5.32. The van der Waals surface area contributed by atoms with Crippen molar-refractivity contribution < 1.29 is 23.4 Å². The lowest BCUT2D eigenvalue weighted by Gasteiger charge is -2.39. The van der Waals surface area contributed by atoms with Crippen molar-refractivity contribution in [2.45, 2.75) is 63.5 Å². The van der Waals surface area contributed by atoms with Gasteiger partial charge in [-0.15, -0.1) is 0 Å². The molecule has 4 heterocycles. The Balaban J connectivity index is 1.27. The van der Waals surface area contributed by atoms with Crippen molar-refractivity contribution in [1.82, 2.24) is 20.2 Å². The van der Waals surface area contributed by atoms with Gasteiger partial charge < -0.3 is 15.2 Å². The third kappa shape index (κ3) is 5.75. The maximum Gasteiger partial charge on any atom is 0.223 e. The molecule has 9 heteroatoms. The standard InChI is InChI=1S/C29H32F2N4O3/c1-28(2,37)14-26(36)34-27(20-4-5-23(30)24(31)13-20)25-6-3-19(15-33-25)17-35-11-8-29(9-12-35)22-16-32-10-7-21(22)18-38-29/h3-7,10,13,15-16,27,37H,8-9,11-12,14,17-18H2,1-2H3,(H,34,36)/t27-/m0/s1. The summed E-state index contributed by atoms with van der Waals surface area (Å²) in [5.74, 6) is -2.40. The molecule has 2 N–H and O–H groups in total. The van der Waals surface area contributed by atoms with Gasteiger partial charge in [-0.3, -0.25) is 19.7 Å². The molecule has 0 saturated carbocycles. The second-order valence-electron chi connectivity index (χ2n) is 10.8. The van der Waals surface area contributed by atoms with E-state index in [4.69, 9.17) is 4.74 Å². The number of fused-ring (bicyclic) bond motifs is 2. The van der Waals surface area contributed by atoms with E-state index in [9.17, 15) is 18.7 Å². The number of aromatic nitrogens is 2. The lowest BCUT2D eigenvalue weighted by atomic mass is 9.84. The molecule has 2 aromatic heterocycles. The van der Waals surface area contributed by atoms with Crippen LogP contribution < -0.4 is 5.32 Å². The fourth-order valence-electron chi connectivity index (χ4n) is 5.32. The van der Waals surface area contributed by atoms with Crippen molar-refractivity contribution in [2.75, 3.05) is 13.1 Å². The average Bonchev–Trinajstić information content (AvgIpc) is 3.23. The third-order valence-electron chi connectivity index (χ3n) is 7.29. The van der Waals surface area contributed by atoms with Gasteiger partial charge >= 0.3 is 0 Å². The molecule has 3 aromatic rings. The van der Waals surface area contributed by atoms with Crippen molar-refractivity contribution in [3.8, 4) is 0 Å². The molecule has 0 radical (unpaired) electrons. The largest absolute Gasteiger partial charge is 0.390 e. The Labute approximate surface area is 220 Å². The number of likely N-dealkylation sites (tertiary alicyclic amines) is 1. The molecule has 7 nitrogen and oxygen atoms in total. The summed E-state index contributed by atoms with van der Waals surface area (Å²) in [5, 5.41) is 12.8. The van der Waals surface area contributed by atoms with Crippen LogP contribution in [0.4, 0.5) is 8.78 Å². The van der Waals surface area contributed by atoms with Crippen LogP contribution in [0.15, 0.2) is 55.0 Å². The van der Waals surface area contributed by atoms with Gasteiger partial charge in [0.25, 0.3) is 0 Å². The monoisotopic (exact) mass is 522 g/mol. The number of aliphatic hydroxyl groups is 1. The van der Waals surface area contributed by atoms with Gasteiger partial charge in [0, 0.05) is 43.8 Å². The van der Waals surface area contributed by atoms with Gasteiger partial charge in [0.1, 0.15) is 0 Å². The van der Waals surface area contributed by atoms with E-state index < -0.39 is 29.2 Å². The minimum absolute atomic E-state index is 0.147. The van der Waals surface area contributed by atoms with Gasteiger partial charge in [0.2, 0.25) is 5.91 Å². The number of rotatable bonds is 7. The van der Waals surface area contributed by atoms with E-state index in [1.165, 1.54) is 31.0 Å². The van der Waals surface area contributed by atoms with Gasteiger partial charge in [-0.2, -0.15) is 0 Å². The Hall–Kier alpha value is -3.27. The van der Waals surface area contributed by atoms with Crippen LogP contribution in [0.25, 0.3) is 0 Å². The minimum Gasteiger partial charge on any atom is -0.390 e. The Morgan fingerprint density at radius 3 is 2.63 bits per heavy atom. The molecule has 1 fully saturated rings. The van der Waals surface area contributed by atoms with Crippen LogP contribution in [0.5, 0.6) is 0 Å². The summed E-state index contributed by atoms with van der Waals surface area (Å²) in [7, 11) is 0. The number of carbonyl (C=O) groups excluding carboxylic acids is 1. The highest BCUT2D eigenvalue weighted by atomic mass is 19.2. The number of hydrogen-bond donors (Lipinski definition) is 2. The topological polar surface area (TPSA) is 87.6 Å². The molecule has 0 aliphatic carbocycles. The molecule has 2 aliphatic heterocycles. The SMILES string of the molecule is CC(C)(O)CC(=O)N[C@@H](c1ccc(F)c(F)c1)c1ccc(CN2CCC3(CC2)OCc2ccncc23)cn1. The summed E-state index contributed by atoms with van der Waals surface area (Å²) in [6, 6.07) is 8.47. The van der Waals surface area contributed by atoms with E-state index in [-0.39, 0.29) is 12.0 Å². The van der Waals surface area contributed by atoms with Crippen LogP contribution in [-0.4, -0.2) is 44.6 Å². The number of hydrogen-bond acceptors (Lipinski definition) is 6. The first-order valence-corrected chi connectivity index (χ1v) is 12.8. The van der Waals surface area contributed by atoms with Gasteiger partial charge in [-0.25, -0.2) is 8.78 Å². The fraction of sp³-hybridized carbons (Fsp3) is 0.414. The lowest BCUT2D eigenvalue weighted by molar-refractivity contribution is -0.125. The first-order valence-electron chi connectivity index (χ1n) is 12.8. The summed E-state index contributed by atoms with van der Waals surface area (Å²) in [6.07, 6.45) is 7.13. The highest BCUT2D eigenvalue weighted by Gasteiger charge is 2.42. The molecule has 1 aromatic carbocycles. The molecule has 5 rings (SSSR count). The summed E-state index contributed by atoms with van der Waals surface area (Å²) in [6.45, 7) is 6.16. The first kappa shape index (κ1) is 26.3. The van der Waals surface area contributed by atoms with Crippen molar-refractivity contribution in [3.63, 3.8) is 0 Å². The normalized spacial score (nSPS) is 17.8. The number of ether oxygens (including phenoxy) is 1. The summed E-state index contributed by atoms with van der Waals surface area (Å²) >= 11 is 0. The number of pyridine rings is 2. The number of halogens is 2. The van der Waals surface area contributed by atoms with Crippen molar-refractivity contribution in [3.05, 3.63) is 94.6 Å². The Kier molecular flexibility index (Phi) is 7.26. The molecule has 1 atom stereocenters. The molecular weight excluding hydrogens is 490 g/mol. The molecule has 0 bridgehead atoms. The van der Waals surface area contributed by atoms with Crippen LogP contribution in [0.3, 0.4) is 0 Å². The highest BCUT2D eigenvalue weighted by molar-refractivity contribution is 5.77. The van der Waals surface area contributed by atoms with Crippen LogP contribution >= 0.6 is 0 Å². The van der Waals surface area contributed by atoms with Crippen molar-refractivity contribution >= 4 is 5.91 Å². The minimum atomic E-state index is -1.21. The zero-order valence-electron chi connectivity index (χ0n) is 21.6. The van der Waals surface area contributed by atoms with Gasteiger partial charge in [0.15, 0.2) is 11.6 Å². The number of nitrogens with zero attached hydrogens (tertiary/aromatic N) is 3. The quantitative estimate of drug-likeness (QED) is 0.485. The summed E-state index contributed by atoms with van der Waals surface area (Å²) in [4.78, 5) is 23.8. The average molecular weight is 523 g/mol. The lowest BCUT2D eigenvalue weighted by Crippen LogP contribution is -2.42. The zero-order chi connectivity index (χ0) is 26.9. The van der Waals surface area contributed by atoms with Gasteiger partial charge in [0.05, 0.1) is 36.0 Å². The smallest absolute Gasteiger partial charge is 0.223 e. The van der Waals surface area contributed by atoms with Gasteiger partial charge in [-0.1, -0.05) is 12.1 Å². The Morgan fingerprint density at radius 2 is 1.95 bits per heavy atom. The second kappa shape index (κ2) is 10.5. The Bertz CT molecular complexity index is 1300. The maximum atomic E-state index is 14.0. The Morgan fingerprint density at radius 1 is 1.16 bits per heavy atom. The van der Waals surface area contributed by atoms with Crippen LogP contribution in [-0.2, 0) is 28.3 Å². The molecule has 38 heavy (non-hydrogen) atoms. The number of nitrogens with one attached hydrogen (secondary N) is 1. The van der Waals surface area contributed by atoms with Crippen molar-refractivity contribution in [1.29, 1.82) is 0 Å². The van der Waals surface area contributed by atoms with E-state index in [0.717, 1.165) is 43.6 Å². The summed E-state index contributed by atoms with van der Waals surface area (Å²) < 4.78 is 33.8. The molecular formula is C29H32F2N4O3. The summed E-state index contributed by atoms with van der Waals surface area (Å²) in [5.41, 5.74) is 2.83. The predicted molar refractivity (Wildman–Crippen MR) is 137 cm³/mol. The predicted octanol–water partition coefficient (Wildman–Crippen LogP) is 4.14. The van der Waals surface area contributed by atoms with E-state index in [2.05, 4.69) is 20.2 Å². The third-order valence-corrected chi connectivity index (χ3v) is 7.29. The molecule has 200 valence electrons. The van der Waals surface area contributed by atoms with Crippen LogP contribution in [0, 0.1) is 11.6 Å². The molecule has 2 aliphatic rings. The molecule has 0 unspecified atom stereocenters. The molecule has 1 saturated heterocycles. The maximum absolute atomic E-state index is 14.0. The number of carbonyl (C=O) groups is 1.